The maximum atomic E-state index is 14.3. The lowest BCUT2D eigenvalue weighted by molar-refractivity contribution is -0.137. The van der Waals surface area contributed by atoms with Crippen LogP contribution in [0.5, 0.6) is 17.2 Å². The molecule has 0 saturated heterocycles. The van der Waals surface area contributed by atoms with Crippen LogP contribution >= 0.6 is 0 Å². The van der Waals surface area contributed by atoms with Crippen molar-refractivity contribution in [1.82, 2.24) is 4.57 Å². The average Bonchev–Trinajstić information content (AvgIpc) is 3.32. The fourth-order valence-electron chi connectivity index (χ4n) is 3.89. The minimum atomic E-state index is -0.686. The van der Waals surface area contributed by atoms with E-state index >= 15 is 0 Å². The highest BCUT2D eigenvalue weighted by Gasteiger charge is 2.33. The quantitative estimate of drug-likeness (QED) is 0.559. The number of cyclic esters (lactones) is 1. The Morgan fingerprint density at radius 3 is 2.47 bits per heavy atom. The molecule has 0 radical (unpaired) electrons. The van der Waals surface area contributed by atoms with Crippen LogP contribution in [-0.2, 0) is 16.1 Å². The zero-order valence-corrected chi connectivity index (χ0v) is 17.2. The van der Waals surface area contributed by atoms with Gasteiger partial charge in [-0.05, 0) is 19.1 Å². The molecule has 2 aromatic carbocycles. The Balaban J connectivity index is 1.93. The summed E-state index contributed by atoms with van der Waals surface area (Å²) in [4.78, 5) is 12.6. The maximum Gasteiger partial charge on any atom is 0.339 e. The number of methoxy groups -OCH3 is 3. The van der Waals surface area contributed by atoms with E-state index in [1.54, 1.807) is 38.5 Å². The van der Waals surface area contributed by atoms with E-state index < -0.39 is 17.9 Å². The van der Waals surface area contributed by atoms with Crippen LogP contribution in [0.4, 0.5) is 4.39 Å². The summed E-state index contributed by atoms with van der Waals surface area (Å²) in [6, 6.07) is 8.01. The molecule has 1 aliphatic rings. The molecular weight excluding hydrogens is 389 g/mol. The topological polar surface area (TPSA) is 58.9 Å². The van der Waals surface area contributed by atoms with Crippen LogP contribution < -0.4 is 14.2 Å². The van der Waals surface area contributed by atoms with Crippen molar-refractivity contribution in [3.05, 3.63) is 59.5 Å². The van der Waals surface area contributed by atoms with Crippen molar-refractivity contribution in [3.8, 4) is 17.2 Å². The Hall–Kier alpha value is -3.48. The van der Waals surface area contributed by atoms with Crippen molar-refractivity contribution in [2.45, 2.75) is 19.6 Å². The van der Waals surface area contributed by atoms with Crippen LogP contribution in [0.3, 0.4) is 0 Å². The van der Waals surface area contributed by atoms with Crippen LogP contribution in [0.25, 0.3) is 16.5 Å². The number of carbonyl (C=O) groups excluding carboxylic acids is 1. The second kappa shape index (κ2) is 7.74. The molecule has 0 fully saturated rings. The second-order valence-electron chi connectivity index (χ2n) is 6.80. The van der Waals surface area contributed by atoms with E-state index in [1.807, 2.05) is 23.8 Å². The molecule has 2 heterocycles. The number of aromatic nitrogens is 1. The molecule has 0 bridgehead atoms. The van der Waals surface area contributed by atoms with Crippen molar-refractivity contribution in [1.29, 1.82) is 0 Å². The van der Waals surface area contributed by atoms with E-state index in [0.29, 0.717) is 23.8 Å². The Kier molecular flexibility index (Phi) is 5.11. The number of esters is 1. The van der Waals surface area contributed by atoms with Gasteiger partial charge in [-0.2, -0.15) is 0 Å². The number of aryl methyl sites for hydroxylation is 1. The first-order valence-corrected chi connectivity index (χ1v) is 9.53. The van der Waals surface area contributed by atoms with Gasteiger partial charge in [0.25, 0.3) is 0 Å². The SMILES string of the molecule is CCn1cc(C2C=C(c3ccccc3F)C(=O)O2)c2c(OC)c(OC)c(OC)cc21. The number of halogens is 1. The molecule has 0 saturated carbocycles. The van der Waals surface area contributed by atoms with Gasteiger partial charge in [0.05, 0.1) is 37.8 Å². The Labute approximate surface area is 173 Å². The lowest BCUT2D eigenvalue weighted by Crippen LogP contribution is -2.03. The van der Waals surface area contributed by atoms with E-state index in [-0.39, 0.29) is 11.1 Å². The molecule has 4 rings (SSSR count). The summed E-state index contributed by atoms with van der Waals surface area (Å²) < 4.78 is 38.6. The lowest BCUT2D eigenvalue weighted by Gasteiger charge is -2.15. The first-order valence-electron chi connectivity index (χ1n) is 9.53. The van der Waals surface area contributed by atoms with Crippen LogP contribution in [0, 0.1) is 5.82 Å². The molecule has 0 spiro atoms. The van der Waals surface area contributed by atoms with Crippen LogP contribution in [-0.4, -0.2) is 31.9 Å². The Morgan fingerprint density at radius 2 is 1.83 bits per heavy atom. The summed E-state index contributed by atoms with van der Waals surface area (Å²) in [5, 5.41) is 0.751. The molecule has 1 unspecified atom stereocenters. The van der Waals surface area contributed by atoms with Gasteiger partial charge >= 0.3 is 5.97 Å². The molecule has 0 N–H and O–H groups in total. The summed E-state index contributed by atoms with van der Waals surface area (Å²) in [7, 11) is 4.64. The van der Waals surface area contributed by atoms with Gasteiger partial charge in [0.2, 0.25) is 5.75 Å². The van der Waals surface area contributed by atoms with Gasteiger partial charge in [0, 0.05) is 29.9 Å². The van der Waals surface area contributed by atoms with E-state index in [2.05, 4.69) is 0 Å². The van der Waals surface area contributed by atoms with Gasteiger partial charge in [-0.25, -0.2) is 9.18 Å². The Bertz CT molecular complexity index is 1160. The van der Waals surface area contributed by atoms with Crippen LogP contribution in [0.15, 0.2) is 42.6 Å². The van der Waals surface area contributed by atoms with E-state index in [1.165, 1.54) is 13.2 Å². The molecular formula is C23H22FNO5. The predicted molar refractivity (Wildman–Crippen MR) is 110 cm³/mol. The standard InChI is InChI=1S/C23H22FNO5/c1-5-25-12-15(20-17(25)11-19(27-2)21(28-3)22(20)29-4)18-10-14(23(26)30-18)13-8-6-7-9-16(13)24/h6-12,18H,5H2,1-4H3. The maximum absolute atomic E-state index is 14.3. The largest absolute Gasteiger partial charge is 0.493 e. The third kappa shape index (κ3) is 2.98. The summed E-state index contributed by atoms with van der Waals surface area (Å²) >= 11 is 0. The van der Waals surface area contributed by atoms with Gasteiger partial charge in [-0.3, -0.25) is 0 Å². The second-order valence-corrected chi connectivity index (χ2v) is 6.80. The normalized spacial score (nSPS) is 15.8. The highest BCUT2D eigenvalue weighted by Crippen LogP contribution is 2.48. The first kappa shape index (κ1) is 19.8. The number of ether oxygens (including phenoxy) is 4. The zero-order valence-electron chi connectivity index (χ0n) is 17.2. The molecule has 6 nitrogen and oxygen atoms in total. The van der Waals surface area contributed by atoms with Crippen molar-refractivity contribution in [3.63, 3.8) is 0 Å². The van der Waals surface area contributed by atoms with Gasteiger partial charge in [0.1, 0.15) is 11.9 Å². The fraction of sp³-hybridized carbons (Fsp3) is 0.261. The van der Waals surface area contributed by atoms with Gasteiger partial charge in [-0.1, -0.05) is 18.2 Å². The summed E-state index contributed by atoms with van der Waals surface area (Å²) in [5.41, 5.74) is 2.00. The third-order valence-corrected chi connectivity index (χ3v) is 5.29. The summed E-state index contributed by atoms with van der Waals surface area (Å²) in [6.07, 6.45) is 2.87. The number of carbonyl (C=O) groups is 1. The van der Waals surface area contributed by atoms with Crippen molar-refractivity contribution < 1.29 is 28.1 Å². The molecule has 3 aromatic rings. The molecule has 1 atom stereocenters. The minimum Gasteiger partial charge on any atom is -0.493 e. The van der Waals surface area contributed by atoms with E-state index in [0.717, 1.165) is 16.5 Å². The monoisotopic (exact) mass is 411 g/mol. The zero-order chi connectivity index (χ0) is 21.4. The molecule has 1 aromatic heterocycles. The first-order chi connectivity index (χ1) is 14.5. The van der Waals surface area contributed by atoms with Crippen molar-refractivity contribution in [2.24, 2.45) is 0 Å². The average molecular weight is 411 g/mol. The molecule has 156 valence electrons. The molecule has 1 aliphatic heterocycles. The van der Waals surface area contributed by atoms with Gasteiger partial charge in [-0.15, -0.1) is 0 Å². The molecule has 0 amide bonds. The minimum absolute atomic E-state index is 0.204. The molecule has 0 aliphatic carbocycles. The highest BCUT2D eigenvalue weighted by molar-refractivity contribution is 6.18. The predicted octanol–water partition coefficient (Wildman–Crippen LogP) is 4.51. The lowest BCUT2D eigenvalue weighted by atomic mass is 10.0. The number of hydrogen-bond donors (Lipinski definition) is 0. The number of rotatable bonds is 6. The Morgan fingerprint density at radius 1 is 1.10 bits per heavy atom. The molecule has 7 heteroatoms. The summed E-state index contributed by atoms with van der Waals surface area (Å²) in [6.45, 7) is 2.69. The van der Waals surface area contributed by atoms with Gasteiger partial charge < -0.3 is 23.5 Å². The van der Waals surface area contributed by atoms with Crippen LogP contribution in [0.2, 0.25) is 0 Å². The van der Waals surface area contributed by atoms with Crippen molar-refractivity contribution >= 4 is 22.4 Å². The smallest absolute Gasteiger partial charge is 0.339 e. The van der Waals surface area contributed by atoms with E-state index in [4.69, 9.17) is 18.9 Å². The number of nitrogens with zero attached hydrogens (tertiary/aromatic N) is 1. The number of hydrogen-bond acceptors (Lipinski definition) is 5. The van der Waals surface area contributed by atoms with Crippen molar-refractivity contribution in [2.75, 3.05) is 21.3 Å². The highest BCUT2D eigenvalue weighted by atomic mass is 19.1. The number of fused-ring (bicyclic) bond motifs is 1. The molecule has 30 heavy (non-hydrogen) atoms. The van der Waals surface area contributed by atoms with E-state index in [9.17, 15) is 9.18 Å². The van der Waals surface area contributed by atoms with Crippen LogP contribution in [0.1, 0.15) is 24.2 Å². The van der Waals surface area contributed by atoms with Gasteiger partial charge in [0.15, 0.2) is 11.5 Å². The summed E-state index contributed by atoms with van der Waals surface area (Å²) in [5.74, 6) is 0.429. The fourth-order valence-corrected chi connectivity index (χ4v) is 3.89. The third-order valence-electron chi connectivity index (χ3n) is 5.29. The number of benzene rings is 2.